The fourth-order valence-electron chi connectivity index (χ4n) is 2.09. The number of ether oxygens (including phenoxy) is 1. The van der Waals surface area contributed by atoms with Gasteiger partial charge in [-0.1, -0.05) is 13.8 Å². The van der Waals surface area contributed by atoms with Gasteiger partial charge in [0.25, 0.3) is 0 Å². The number of ketones is 1. The summed E-state index contributed by atoms with van der Waals surface area (Å²) in [6, 6.07) is 0. The van der Waals surface area contributed by atoms with Crippen molar-refractivity contribution in [1.82, 2.24) is 4.90 Å². The molecule has 1 aliphatic heterocycles. The topological polar surface area (TPSA) is 46.6 Å². The molecule has 0 aromatic rings. The smallest absolute Gasteiger partial charge is 0.410 e. The minimum Gasteiger partial charge on any atom is -0.444 e. The SMILES string of the molecule is CCC(C)C(=O)[C@H]1CCN(C(=O)OC(C)(C)C)C1. The lowest BCUT2D eigenvalue weighted by atomic mass is 9.92. The quantitative estimate of drug-likeness (QED) is 0.779. The monoisotopic (exact) mass is 255 g/mol. The van der Waals surface area contributed by atoms with E-state index >= 15 is 0 Å². The maximum atomic E-state index is 12.1. The molecular formula is C14H25NO3. The highest BCUT2D eigenvalue weighted by atomic mass is 16.6. The van der Waals surface area contributed by atoms with E-state index in [0.29, 0.717) is 13.1 Å². The molecule has 0 spiro atoms. The summed E-state index contributed by atoms with van der Waals surface area (Å²) < 4.78 is 5.31. The number of hydrogen-bond acceptors (Lipinski definition) is 3. The molecule has 0 aromatic carbocycles. The van der Waals surface area contributed by atoms with Gasteiger partial charge in [0.05, 0.1) is 0 Å². The first-order chi connectivity index (χ1) is 8.24. The zero-order valence-corrected chi connectivity index (χ0v) is 12.2. The van der Waals surface area contributed by atoms with Crippen molar-refractivity contribution in [1.29, 1.82) is 0 Å². The molecule has 1 heterocycles. The number of rotatable bonds is 3. The second-order valence-corrected chi connectivity index (χ2v) is 6.12. The second kappa shape index (κ2) is 5.72. The van der Waals surface area contributed by atoms with Crippen molar-refractivity contribution in [2.24, 2.45) is 11.8 Å². The third-order valence-corrected chi connectivity index (χ3v) is 3.34. The van der Waals surface area contributed by atoms with E-state index in [1.54, 1.807) is 4.90 Å². The average molecular weight is 255 g/mol. The standard InChI is InChI=1S/C14H25NO3/c1-6-10(2)12(16)11-7-8-15(9-11)13(17)18-14(3,4)5/h10-11H,6-9H2,1-5H3/t10?,11-/m0/s1. The summed E-state index contributed by atoms with van der Waals surface area (Å²) in [5.41, 5.74) is -0.476. The van der Waals surface area contributed by atoms with Crippen molar-refractivity contribution in [3.8, 4) is 0 Å². The van der Waals surface area contributed by atoms with Crippen LogP contribution in [0.1, 0.15) is 47.5 Å². The molecule has 2 atom stereocenters. The van der Waals surface area contributed by atoms with Crippen molar-refractivity contribution in [2.45, 2.75) is 53.1 Å². The molecule has 0 N–H and O–H groups in total. The molecule has 1 unspecified atom stereocenters. The number of nitrogens with zero attached hydrogens (tertiary/aromatic N) is 1. The fraction of sp³-hybridized carbons (Fsp3) is 0.857. The maximum Gasteiger partial charge on any atom is 0.410 e. The van der Waals surface area contributed by atoms with Gasteiger partial charge in [0.1, 0.15) is 11.4 Å². The number of carbonyl (C=O) groups is 2. The van der Waals surface area contributed by atoms with Crippen LogP contribution in [0, 0.1) is 11.8 Å². The zero-order valence-electron chi connectivity index (χ0n) is 12.2. The summed E-state index contributed by atoms with van der Waals surface area (Å²) in [6.45, 7) is 10.7. The average Bonchev–Trinajstić information content (AvgIpc) is 2.73. The van der Waals surface area contributed by atoms with Crippen molar-refractivity contribution in [3.63, 3.8) is 0 Å². The van der Waals surface area contributed by atoms with Gasteiger partial charge in [-0.2, -0.15) is 0 Å². The van der Waals surface area contributed by atoms with Crippen LogP contribution in [-0.4, -0.2) is 35.5 Å². The van der Waals surface area contributed by atoms with Gasteiger partial charge < -0.3 is 9.64 Å². The Morgan fingerprint density at radius 3 is 2.50 bits per heavy atom. The first-order valence-electron chi connectivity index (χ1n) is 6.76. The Morgan fingerprint density at radius 2 is 2.00 bits per heavy atom. The van der Waals surface area contributed by atoms with Crippen LogP contribution in [0.5, 0.6) is 0 Å². The van der Waals surface area contributed by atoms with E-state index in [1.807, 2.05) is 34.6 Å². The predicted molar refractivity (Wildman–Crippen MR) is 70.4 cm³/mol. The van der Waals surface area contributed by atoms with Gasteiger partial charge in [-0.25, -0.2) is 4.79 Å². The first-order valence-corrected chi connectivity index (χ1v) is 6.76. The highest BCUT2D eigenvalue weighted by molar-refractivity contribution is 5.84. The van der Waals surface area contributed by atoms with E-state index < -0.39 is 5.60 Å². The molecule has 0 bridgehead atoms. The van der Waals surface area contributed by atoms with E-state index in [1.165, 1.54) is 0 Å². The van der Waals surface area contributed by atoms with Crippen LogP contribution in [0.4, 0.5) is 4.79 Å². The van der Waals surface area contributed by atoms with Crippen molar-refractivity contribution in [3.05, 3.63) is 0 Å². The van der Waals surface area contributed by atoms with Crippen molar-refractivity contribution >= 4 is 11.9 Å². The van der Waals surface area contributed by atoms with E-state index in [2.05, 4.69) is 0 Å². The Labute approximate surface area is 110 Å². The van der Waals surface area contributed by atoms with Gasteiger partial charge in [0.2, 0.25) is 0 Å². The molecule has 0 radical (unpaired) electrons. The van der Waals surface area contributed by atoms with Crippen molar-refractivity contribution < 1.29 is 14.3 Å². The molecule has 104 valence electrons. The Bertz CT molecular complexity index is 319. The van der Waals surface area contributed by atoms with Crippen LogP contribution in [0.2, 0.25) is 0 Å². The number of carbonyl (C=O) groups excluding carboxylic acids is 2. The van der Waals surface area contributed by atoms with Crippen LogP contribution in [0.15, 0.2) is 0 Å². The molecule has 1 rings (SSSR count). The Morgan fingerprint density at radius 1 is 1.39 bits per heavy atom. The lowest BCUT2D eigenvalue weighted by molar-refractivity contribution is -0.125. The Balaban J connectivity index is 2.51. The molecule has 4 nitrogen and oxygen atoms in total. The minimum atomic E-state index is -0.476. The van der Waals surface area contributed by atoms with Crippen LogP contribution >= 0.6 is 0 Å². The molecule has 0 saturated carbocycles. The Kier molecular flexibility index (Phi) is 4.77. The van der Waals surface area contributed by atoms with E-state index in [9.17, 15) is 9.59 Å². The van der Waals surface area contributed by atoms with Gasteiger partial charge >= 0.3 is 6.09 Å². The van der Waals surface area contributed by atoms with Gasteiger partial charge in [0, 0.05) is 24.9 Å². The van der Waals surface area contributed by atoms with Crippen LogP contribution in [0.3, 0.4) is 0 Å². The van der Waals surface area contributed by atoms with Gasteiger partial charge in [-0.3, -0.25) is 4.79 Å². The molecule has 18 heavy (non-hydrogen) atoms. The number of likely N-dealkylation sites (tertiary alicyclic amines) is 1. The molecular weight excluding hydrogens is 230 g/mol. The number of amides is 1. The van der Waals surface area contributed by atoms with Crippen LogP contribution < -0.4 is 0 Å². The molecule has 4 heteroatoms. The first kappa shape index (κ1) is 15.0. The van der Waals surface area contributed by atoms with E-state index in [0.717, 1.165) is 12.8 Å². The molecule has 0 aromatic heterocycles. The zero-order chi connectivity index (χ0) is 13.9. The molecule has 1 amide bonds. The van der Waals surface area contributed by atoms with Gasteiger partial charge in [-0.05, 0) is 33.6 Å². The third kappa shape index (κ3) is 4.00. The summed E-state index contributed by atoms with van der Waals surface area (Å²) >= 11 is 0. The fourth-order valence-corrected chi connectivity index (χ4v) is 2.09. The summed E-state index contributed by atoms with van der Waals surface area (Å²) in [4.78, 5) is 25.6. The molecule has 1 aliphatic rings. The summed E-state index contributed by atoms with van der Waals surface area (Å²) in [5.74, 6) is 0.365. The maximum absolute atomic E-state index is 12.1. The molecule has 1 fully saturated rings. The molecule has 1 saturated heterocycles. The third-order valence-electron chi connectivity index (χ3n) is 3.34. The van der Waals surface area contributed by atoms with E-state index in [4.69, 9.17) is 4.74 Å². The van der Waals surface area contributed by atoms with E-state index in [-0.39, 0.29) is 23.7 Å². The lowest BCUT2D eigenvalue weighted by Gasteiger charge is -2.24. The van der Waals surface area contributed by atoms with Crippen LogP contribution in [-0.2, 0) is 9.53 Å². The summed E-state index contributed by atoms with van der Waals surface area (Å²) in [5, 5.41) is 0. The predicted octanol–water partition coefficient (Wildman–Crippen LogP) is 2.86. The normalized spacial score (nSPS) is 21.8. The summed E-state index contributed by atoms with van der Waals surface area (Å²) in [6.07, 6.45) is 1.33. The van der Waals surface area contributed by atoms with Gasteiger partial charge in [0.15, 0.2) is 0 Å². The van der Waals surface area contributed by atoms with Gasteiger partial charge in [-0.15, -0.1) is 0 Å². The largest absolute Gasteiger partial charge is 0.444 e. The molecule has 0 aliphatic carbocycles. The van der Waals surface area contributed by atoms with Crippen LogP contribution in [0.25, 0.3) is 0 Å². The highest BCUT2D eigenvalue weighted by Gasteiger charge is 2.34. The number of Topliss-reactive ketones (excluding diaryl/α,β-unsaturated/α-hetero) is 1. The highest BCUT2D eigenvalue weighted by Crippen LogP contribution is 2.23. The minimum absolute atomic E-state index is 0.00697. The Hall–Kier alpha value is -1.06. The second-order valence-electron chi connectivity index (χ2n) is 6.12. The summed E-state index contributed by atoms with van der Waals surface area (Å²) in [7, 11) is 0. The lowest BCUT2D eigenvalue weighted by Crippen LogP contribution is -2.36. The van der Waals surface area contributed by atoms with Crippen molar-refractivity contribution in [2.75, 3.05) is 13.1 Å². The number of hydrogen-bond donors (Lipinski definition) is 0.